The topological polar surface area (TPSA) is 97.8 Å². The minimum Gasteiger partial charge on any atom is -0.454 e. The number of carbonyl (C=O) groups is 1. The summed E-state index contributed by atoms with van der Waals surface area (Å²) < 4.78 is 38.8. The molecule has 2 aliphatic heterocycles. The number of anilines is 1. The monoisotopic (exact) mass is 437 g/mol. The number of amides is 1. The lowest BCUT2D eigenvalue weighted by atomic mass is 10.2. The summed E-state index contributed by atoms with van der Waals surface area (Å²) in [7, 11) is -3.67. The molecule has 0 radical (unpaired) electrons. The van der Waals surface area contributed by atoms with E-state index in [4.69, 9.17) is 9.47 Å². The summed E-state index contributed by atoms with van der Waals surface area (Å²) in [6.45, 7) is 0.520. The molecule has 0 saturated carbocycles. The van der Waals surface area contributed by atoms with Gasteiger partial charge in [0.1, 0.15) is 10.3 Å². The number of hydrogen-bond donors (Lipinski definition) is 1. The normalized spacial score (nSPS) is 19.4. The predicted molar refractivity (Wildman–Crippen MR) is 106 cm³/mol. The second kappa shape index (κ2) is 6.69. The van der Waals surface area contributed by atoms with Gasteiger partial charge in [-0.2, -0.15) is 4.31 Å². The zero-order valence-corrected chi connectivity index (χ0v) is 16.9. The summed E-state index contributed by atoms with van der Waals surface area (Å²) in [5.74, 6) is 0.912. The van der Waals surface area contributed by atoms with E-state index in [1.54, 1.807) is 23.6 Å². The van der Waals surface area contributed by atoms with Crippen LogP contribution in [0.1, 0.15) is 12.8 Å². The summed E-state index contributed by atoms with van der Waals surface area (Å²) in [5, 5.41) is 4.91. The van der Waals surface area contributed by atoms with Gasteiger partial charge in [-0.05, 0) is 24.3 Å². The zero-order chi connectivity index (χ0) is 19.3. The van der Waals surface area contributed by atoms with Gasteiger partial charge in [0.15, 0.2) is 16.6 Å². The van der Waals surface area contributed by atoms with Crippen LogP contribution in [0, 0.1) is 0 Å². The molecule has 4 heterocycles. The van der Waals surface area contributed by atoms with Crippen LogP contribution in [-0.2, 0) is 14.8 Å². The predicted octanol–water partition coefficient (Wildman–Crippen LogP) is 2.88. The fraction of sp³-hybridized carbons (Fsp3) is 0.294. The van der Waals surface area contributed by atoms with E-state index in [1.807, 2.05) is 6.07 Å². The third-order valence-electron chi connectivity index (χ3n) is 4.68. The smallest absolute Gasteiger partial charge is 0.253 e. The van der Waals surface area contributed by atoms with Gasteiger partial charge < -0.3 is 14.8 Å². The van der Waals surface area contributed by atoms with Crippen LogP contribution in [0.25, 0.3) is 10.2 Å². The Bertz CT molecular complexity index is 1120. The van der Waals surface area contributed by atoms with Crippen molar-refractivity contribution in [2.24, 2.45) is 0 Å². The number of aromatic nitrogens is 1. The zero-order valence-electron chi connectivity index (χ0n) is 14.5. The number of fused-ring (bicyclic) bond motifs is 2. The molecule has 2 aliphatic rings. The number of sulfonamides is 1. The average Bonchev–Trinajstić information content (AvgIpc) is 3.45. The number of thiophene rings is 1. The maximum atomic E-state index is 12.8. The fourth-order valence-corrected chi connectivity index (χ4v) is 7.03. The number of thiazole rings is 1. The van der Waals surface area contributed by atoms with Crippen molar-refractivity contribution in [3.63, 3.8) is 0 Å². The first kappa shape index (κ1) is 17.9. The highest BCUT2D eigenvalue weighted by molar-refractivity contribution is 7.91. The van der Waals surface area contributed by atoms with Crippen molar-refractivity contribution in [3.8, 4) is 11.5 Å². The van der Waals surface area contributed by atoms with Crippen LogP contribution in [0.2, 0.25) is 0 Å². The van der Waals surface area contributed by atoms with Crippen LogP contribution >= 0.6 is 22.7 Å². The molecule has 1 aromatic carbocycles. The molecule has 0 bridgehead atoms. The molecule has 3 aromatic rings. The van der Waals surface area contributed by atoms with Crippen LogP contribution < -0.4 is 14.8 Å². The Morgan fingerprint density at radius 2 is 2.11 bits per heavy atom. The molecule has 1 unspecified atom stereocenters. The van der Waals surface area contributed by atoms with Gasteiger partial charge in [0.25, 0.3) is 10.0 Å². The molecule has 28 heavy (non-hydrogen) atoms. The van der Waals surface area contributed by atoms with Crippen LogP contribution in [0.5, 0.6) is 11.5 Å². The molecule has 146 valence electrons. The van der Waals surface area contributed by atoms with E-state index in [9.17, 15) is 13.2 Å². The molecule has 0 aliphatic carbocycles. The summed E-state index contributed by atoms with van der Waals surface area (Å²) in [4.78, 5) is 17.2. The highest BCUT2D eigenvalue weighted by atomic mass is 32.2. The number of benzene rings is 1. The van der Waals surface area contributed by atoms with E-state index in [0.717, 1.165) is 16.0 Å². The Labute approximate surface area is 168 Å². The standard InChI is InChI=1S/C17H15N3O5S3/c21-16(11-3-1-5-20(11)28(22,23)15-4-2-6-26-15)19-17-18-10-7-12-13(25-9-24-12)8-14(10)27-17/h2,4,6-8,11H,1,3,5,9H2,(H,18,19,21). The van der Waals surface area contributed by atoms with Crippen molar-refractivity contribution in [2.75, 3.05) is 18.7 Å². The van der Waals surface area contributed by atoms with E-state index in [1.165, 1.54) is 15.6 Å². The van der Waals surface area contributed by atoms with Crippen molar-refractivity contribution >= 4 is 54.0 Å². The first-order valence-corrected chi connectivity index (χ1v) is 11.7. The van der Waals surface area contributed by atoms with E-state index < -0.39 is 16.1 Å². The molecule has 5 rings (SSSR count). The number of nitrogens with zero attached hydrogens (tertiary/aromatic N) is 2. The molecule has 0 spiro atoms. The molecule has 1 N–H and O–H groups in total. The number of ether oxygens (including phenoxy) is 2. The van der Waals surface area contributed by atoms with Gasteiger partial charge in [0, 0.05) is 18.7 Å². The van der Waals surface area contributed by atoms with Crippen molar-refractivity contribution in [2.45, 2.75) is 23.1 Å². The molecular weight excluding hydrogens is 422 g/mol. The molecule has 11 heteroatoms. The van der Waals surface area contributed by atoms with Crippen molar-refractivity contribution < 1.29 is 22.7 Å². The van der Waals surface area contributed by atoms with Crippen LogP contribution in [0.4, 0.5) is 5.13 Å². The van der Waals surface area contributed by atoms with Crippen LogP contribution in [0.15, 0.2) is 33.9 Å². The molecule has 1 fully saturated rings. The first-order valence-electron chi connectivity index (χ1n) is 8.59. The second-order valence-corrected chi connectivity index (χ2v) is 10.5. The number of hydrogen-bond acceptors (Lipinski definition) is 8. The van der Waals surface area contributed by atoms with Gasteiger partial charge in [-0.1, -0.05) is 17.4 Å². The summed E-state index contributed by atoms with van der Waals surface area (Å²) >= 11 is 2.46. The minimum absolute atomic E-state index is 0.187. The molecule has 1 amide bonds. The van der Waals surface area contributed by atoms with Crippen LogP contribution in [0.3, 0.4) is 0 Å². The van der Waals surface area contributed by atoms with E-state index >= 15 is 0 Å². The van der Waals surface area contributed by atoms with Gasteiger partial charge in [0.05, 0.1) is 10.2 Å². The van der Waals surface area contributed by atoms with Crippen molar-refractivity contribution in [3.05, 3.63) is 29.6 Å². The highest BCUT2D eigenvalue weighted by Crippen LogP contribution is 2.39. The van der Waals surface area contributed by atoms with Crippen molar-refractivity contribution in [1.82, 2.24) is 9.29 Å². The lowest BCUT2D eigenvalue weighted by Crippen LogP contribution is -2.42. The molecule has 2 aromatic heterocycles. The SMILES string of the molecule is O=C(Nc1nc2cc3c(cc2s1)OCO3)C1CCCN1S(=O)(=O)c1cccs1. The number of carbonyl (C=O) groups excluding carboxylic acids is 1. The third-order valence-corrected chi connectivity index (χ3v) is 8.89. The quantitative estimate of drug-likeness (QED) is 0.674. The number of rotatable bonds is 4. The average molecular weight is 438 g/mol. The van der Waals surface area contributed by atoms with E-state index in [0.29, 0.717) is 41.5 Å². The van der Waals surface area contributed by atoms with Crippen molar-refractivity contribution in [1.29, 1.82) is 0 Å². The second-order valence-electron chi connectivity index (χ2n) is 6.39. The Morgan fingerprint density at radius 1 is 1.29 bits per heavy atom. The van der Waals surface area contributed by atoms with E-state index in [2.05, 4.69) is 10.3 Å². The minimum atomic E-state index is -3.67. The van der Waals surface area contributed by atoms with E-state index in [-0.39, 0.29) is 16.9 Å². The Kier molecular flexibility index (Phi) is 4.27. The highest BCUT2D eigenvalue weighted by Gasteiger charge is 2.40. The molecular formula is C17H15N3O5S3. The summed E-state index contributed by atoms with van der Waals surface area (Å²) in [6.07, 6.45) is 1.13. The van der Waals surface area contributed by atoms with Gasteiger partial charge in [0.2, 0.25) is 12.7 Å². The largest absolute Gasteiger partial charge is 0.454 e. The Morgan fingerprint density at radius 3 is 2.89 bits per heavy atom. The Hall–Kier alpha value is -2.21. The number of nitrogens with one attached hydrogen (secondary N) is 1. The maximum Gasteiger partial charge on any atom is 0.253 e. The molecule has 1 atom stereocenters. The Balaban J connectivity index is 1.38. The molecule has 8 nitrogen and oxygen atoms in total. The third kappa shape index (κ3) is 2.94. The maximum absolute atomic E-state index is 12.8. The summed E-state index contributed by atoms with van der Waals surface area (Å²) in [5.41, 5.74) is 0.694. The van der Waals surface area contributed by atoms with Gasteiger partial charge in [-0.15, -0.1) is 11.3 Å². The van der Waals surface area contributed by atoms with Gasteiger partial charge >= 0.3 is 0 Å². The molecule has 1 saturated heterocycles. The summed E-state index contributed by atoms with van der Waals surface area (Å²) in [6, 6.07) is 6.11. The fourth-order valence-electron chi connectivity index (χ4n) is 3.38. The van der Waals surface area contributed by atoms with Gasteiger partial charge in [-0.25, -0.2) is 13.4 Å². The lowest BCUT2D eigenvalue weighted by molar-refractivity contribution is -0.119. The first-order chi connectivity index (χ1) is 13.5. The van der Waals surface area contributed by atoms with Crippen LogP contribution in [-0.4, -0.2) is 43.0 Å². The van der Waals surface area contributed by atoms with Gasteiger partial charge in [-0.3, -0.25) is 4.79 Å². The lowest BCUT2D eigenvalue weighted by Gasteiger charge is -2.22.